The minimum absolute atomic E-state index is 0. The van der Waals surface area contributed by atoms with Gasteiger partial charge in [0.15, 0.2) is 0 Å². The van der Waals surface area contributed by atoms with Gasteiger partial charge in [0.05, 0.1) is 0 Å². The summed E-state index contributed by atoms with van der Waals surface area (Å²) in [6, 6.07) is 0. The Morgan fingerprint density at radius 2 is 0.154 bits per heavy atom. The Labute approximate surface area is 594 Å². The van der Waals surface area contributed by atoms with Crippen LogP contribution in [0, 0.1) is 20.8 Å². The molecule has 0 saturated heterocycles. The summed E-state index contributed by atoms with van der Waals surface area (Å²) in [5, 5.41) is 0. The van der Waals surface area contributed by atoms with Crippen molar-refractivity contribution in [3.8, 4) is 0 Å². The third-order valence-corrected chi connectivity index (χ3v) is 20.6. The standard InChI is InChI=1S/3C30H61.Al/c3*1-3-5-7-9-11-13-15-17-19-21-23-25-27-29-30-28-26-24-22-20-18-16-14-12-10-8-6-4-2;/h3*1,3-30H2,2H3;/q3*-1;+3. The Hall–Kier alpha value is 0.532. The van der Waals surface area contributed by atoms with Crippen LogP contribution >= 0.6 is 0 Å². The molecule has 0 spiro atoms. The van der Waals surface area contributed by atoms with E-state index >= 15 is 0 Å². The van der Waals surface area contributed by atoms with Gasteiger partial charge in [-0.1, -0.05) is 541 Å². The molecule has 0 aromatic carbocycles. The molecule has 0 aromatic rings. The van der Waals surface area contributed by atoms with Crippen molar-refractivity contribution in [1.82, 2.24) is 0 Å². The van der Waals surface area contributed by atoms with Gasteiger partial charge in [0, 0.05) is 0 Å². The Morgan fingerprint density at radius 1 is 0.0989 bits per heavy atom. The van der Waals surface area contributed by atoms with E-state index in [9.17, 15) is 0 Å². The van der Waals surface area contributed by atoms with Gasteiger partial charge in [-0.25, -0.2) is 0 Å². The molecule has 0 fully saturated rings. The summed E-state index contributed by atoms with van der Waals surface area (Å²) < 4.78 is 0. The van der Waals surface area contributed by atoms with Gasteiger partial charge in [0.2, 0.25) is 0 Å². The Balaban J connectivity index is -0.000000620. The van der Waals surface area contributed by atoms with E-state index in [0.29, 0.717) is 0 Å². The molecule has 546 valence electrons. The third-order valence-electron chi connectivity index (χ3n) is 20.6. The first-order valence-electron chi connectivity index (χ1n) is 44.1. The Morgan fingerprint density at radius 3 is 0.209 bits per heavy atom. The molecular formula is C90H183Al. The van der Waals surface area contributed by atoms with Gasteiger partial charge in [-0.15, -0.1) is 0 Å². The molecule has 0 rings (SSSR count). The molecule has 0 aromatic heterocycles. The Kier molecular flexibility index (Phi) is 109. The van der Waals surface area contributed by atoms with Crippen LogP contribution in [-0.4, -0.2) is 17.4 Å². The van der Waals surface area contributed by atoms with Crippen molar-refractivity contribution in [1.29, 1.82) is 0 Å². The van der Waals surface area contributed by atoms with Crippen molar-refractivity contribution in [2.24, 2.45) is 0 Å². The maximum atomic E-state index is 3.92. The first kappa shape index (κ1) is 97.9. The molecule has 0 N–H and O–H groups in total. The minimum atomic E-state index is 0. The predicted molar refractivity (Wildman–Crippen MR) is 427 cm³/mol. The molecule has 0 saturated carbocycles. The van der Waals surface area contributed by atoms with Crippen molar-refractivity contribution < 1.29 is 0 Å². The summed E-state index contributed by atoms with van der Waals surface area (Å²) in [5.41, 5.74) is 0. The van der Waals surface area contributed by atoms with Crippen LogP contribution in [0.3, 0.4) is 0 Å². The van der Waals surface area contributed by atoms with Gasteiger partial charge in [-0.2, -0.15) is 19.3 Å². The summed E-state index contributed by atoms with van der Waals surface area (Å²) >= 11 is 0. The zero-order valence-electron chi connectivity index (χ0n) is 65.1. The average Bonchev–Trinajstić information content (AvgIpc) is 3.56. The van der Waals surface area contributed by atoms with Crippen LogP contribution in [-0.2, 0) is 0 Å². The van der Waals surface area contributed by atoms with Crippen LogP contribution in [0.4, 0.5) is 0 Å². The monoisotopic (exact) mass is 1290 g/mol. The zero-order chi connectivity index (χ0) is 65.4. The van der Waals surface area contributed by atoms with Gasteiger partial charge >= 0.3 is 17.4 Å². The van der Waals surface area contributed by atoms with E-state index in [1.807, 2.05) is 0 Å². The van der Waals surface area contributed by atoms with Crippen LogP contribution in [0.15, 0.2) is 0 Å². The minimum Gasteiger partial charge on any atom is -0.343 e. The molecule has 0 aliphatic rings. The third kappa shape index (κ3) is 107. The van der Waals surface area contributed by atoms with Crippen LogP contribution < -0.4 is 0 Å². The van der Waals surface area contributed by atoms with Crippen molar-refractivity contribution in [2.75, 3.05) is 0 Å². The van der Waals surface area contributed by atoms with E-state index in [1.54, 1.807) is 0 Å². The van der Waals surface area contributed by atoms with Crippen LogP contribution in [0.25, 0.3) is 0 Å². The van der Waals surface area contributed by atoms with Gasteiger partial charge < -0.3 is 20.8 Å². The van der Waals surface area contributed by atoms with Gasteiger partial charge in [0.1, 0.15) is 0 Å². The maximum Gasteiger partial charge on any atom is 3.00 e. The predicted octanol–water partition coefficient (Wildman–Crippen LogP) is 34.9. The van der Waals surface area contributed by atoms with Gasteiger partial charge in [-0.05, 0) is 0 Å². The van der Waals surface area contributed by atoms with E-state index in [1.165, 1.54) is 520 Å². The van der Waals surface area contributed by atoms with Gasteiger partial charge in [0.25, 0.3) is 0 Å². The maximum absolute atomic E-state index is 3.92. The number of unbranched alkanes of at least 4 members (excludes halogenated alkanes) is 81. The van der Waals surface area contributed by atoms with Crippen LogP contribution in [0.2, 0.25) is 0 Å². The van der Waals surface area contributed by atoms with E-state index in [-0.39, 0.29) is 17.4 Å². The first-order valence-corrected chi connectivity index (χ1v) is 44.1. The summed E-state index contributed by atoms with van der Waals surface area (Å²) in [7, 11) is 0. The van der Waals surface area contributed by atoms with Crippen molar-refractivity contribution in [2.45, 2.75) is 560 Å². The molecule has 0 unspecified atom stereocenters. The first-order chi connectivity index (χ1) is 44.7. The van der Waals surface area contributed by atoms with E-state index < -0.39 is 0 Å². The van der Waals surface area contributed by atoms with Gasteiger partial charge in [-0.3, -0.25) is 0 Å². The van der Waals surface area contributed by atoms with Crippen LogP contribution in [0.1, 0.15) is 560 Å². The average molecular weight is 1290 g/mol. The topological polar surface area (TPSA) is 0 Å². The molecule has 1 heteroatoms. The fourth-order valence-electron chi connectivity index (χ4n) is 14.0. The van der Waals surface area contributed by atoms with Crippen molar-refractivity contribution >= 4 is 17.4 Å². The van der Waals surface area contributed by atoms with Crippen LogP contribution in [0.5, 0.6) is 0 Å². The molecule has 91 heavy (non-hydrogen) atoms. The van der Waals surface area contributed by atoms with Crippen molar-refractivity contribution in [3.05, 3.63) is 20.8 Å². The summed E-state index contributed by atoms with van der Waals surface area (Å²) in [4.78, 5) is 0. The number of rotatable bonds is 81. The summed E-state index contributed by atoms with van der Waals surface area (Å²) in [6.45, 7) is 18.7. The van der Waals surface area contributed by atoms with E-state index in [4.69, 9.17) is 0 Å². The fraction of sp³-hybridized carbons (Fsp3) is 0.967. The summed E-state index contributed by atoms with van der Waals surface area (Å²) in [6.07, 6.45) is 122. The van der Waals surface area contributed by atoms with E-state index in [2.05, 4.69) is 41.5 Å². The van der Waals surface area contributed by atoms with E-state index in [0.717, 1.165) is 19.3 Å². The fourth-order valence-corrected chi connectivity index (χ4v) is 14.0. The number of hydrogen-bond acceptors (Lipinski definition) is 0. The molecule has 0 radical (unpaired) electrons. The largest absolute Gasteiger partial charge is 3.00 e. The normalized spacial score (nSPS) is 11.3. The SMILES string of the molecule is [Al+3].[CH2-]CCCCCCCCCCCCCCCCCCCCCCCCCCCCC.[CH2-]CCCCCCCCCCCCCCCCCCCCCCCCCCCCC.[CH2-]CCCCCCCCCCCCCCCCCCCCCCCCCCCCC. The molecule has 0 nitrogen and oxygen atoms in total. The molecule has 0 heterocycles. The second-order valence-corrected chi connectivity index (χ2v) is 30.1. The molecule has 0 amide bonds. The Bertz CT molecular complexity index is 865. The second-order valence-electron chi connectivity index (χ2n) is 30.1. The molecule has 0 atom stereocenters. The second kappa shape index (κ2) is 102. The zero-order valence-corrected chi connectivity index (χ0v) is 66.3. The molecule has 0 aliphatic carbocycles. The quantitative estimate of drug-likeness (QED) is 0.0323. The molecular weight excluding hydrogens is 1110 g/mol. The molecule has 0 bridgehead atoms. The number of hydrogen-bond donors (Lipinski definition) is 0. The van der Waals surface area contributed by atoms with Crippen molar-refractivity contribution in [3.63, 3.8) is 0 Å². The smallest absolute Gasteiger partial charge is 0.343 e. The summed E-state index contributed by atoms with van der Waals surface area (Å²) in [5.74, 6) is 0. The molecule has 0 aliphatic heterocycles.